The number of carbonyl (C=O) groups is 2. The molecule has 1 aliphatic rings. The molecule has 170 valence electrons. The first-order valence-electron chi connectivity index (χ1n) is 9.92. The van der Waals surface area contributed by atoms with Gasteiger partial charge in [-0.05, 0) is 39.2 Å². The molecular weight excluding hydrogens is 417 g/mol. The number of ether oxygens (including phenoxy) is 1. The third-order valence-electron chi connectivity index (χ3n) is 5.03. The second-order valence-corrected chi connectivity index (χ2v) is 7.91. The van der Waals surface area contributed by atoms with Gasteiger partial charge in [0.25, 0.3) is 5.91 Å². The molecule has 2 aromatic rings. The highest BCUT2D eigenvalue weighted by Crippen LogP contribution is 2.35. The van der Waals surface area contributed by atoms with E-state index in [9.17, 15) is 14.0 Å². The Morgan fingerprint density at radius 2 is 2.09 bits per heavy atom. The molecule has 1 aromatic carbocycles. The fraction of sp³-hybridized carbons (Fsp3) is 0.381. The predicted octanol–water partition coefficient (Wildman–Crippen LogP) is 1.20. The van der Waals surface area contributed by atoms with E-state index in [1.54, 1.807) is 6.92 Å². The van der Waals surface area contributed by atoms with Crippen LogP contribution in [0, 0.1) is 5.82 Å². The average molecular weight is 443 g/mol. The van der Waals surface area contributed by atoms with E-state index in [2.05, 4.69) is 20.3 Å². The maximum Gasteiger partial charge on any atom is 0.275 e. The van der Waals surface area contributed by atoms with Crippen LogP contribution < -0.4 is 15.8 Å². The molecule has 1 atom stereocenters. The fourth-order valence-corrected chi connectivity index (χ4v) is 3.12. The molecule has 3 N–H and O–H groups in total. The zero-order chi connectivity index (χ0) is 23.5. The van der Waals surface area contributed by atoms with E-state index in [0.29, 0.717) is 24.7 Å². The van der Waals surface area contributed by atoms with E-state index < -0.39 is 17.3 Å². The zero-order valence-electron chi connectivity index (χ0n) is 18.4. The summed E-state index contributed by atoms with van der Waals surface area (Å²) in [5.41, 5.74) is 5.17. The van der Waals surface area contributed by atoms with Crippen molar-refractivity contribution in [1.82, 2.24) is 19.8 Å². The number of nitrogens with zero attached hydrogens (tertiary/aromatic N) is 5. The Balaban J connectivity index is 1.75. The number of amides is 2. The first-order valence-corrected chi connectivity index (χ1v) is 9.92. The maximum absolute atomic E-state index is 14.6. The van der Waals surface area contributed by atoms with Crippen molar-refractivity contribution < 1.29 is 18.7 Å². The van der Waals surface area contributed by atoms with Crippen LogP contribution in [-0.2, 0) is 10.3 Å². The van der Waals surface area contributed by atoms with Gasteiger partial charge in [0.05, 0.1) is 24.4 Å². The molecule has 10 nitrogen and oxygen atoms in total. The smallest absolute Gasteiger partial charge is 0.275 e. The Morgan fingerprint density at radius 1 is 1.34 bits per heavy atom. The van der Waals surface area contributed by atoms with Gasteiger partial charge in [-0.25, -0.2) is 19.4 Å². The van der Waals surface area contributed by atoms with Crippen LogP contribution in [0.25, 0.3) is 0 Å². The van der Waals surface area contributed by atoms with E-state index in [1.807, 2.05) is 19.0 Å². The van der Waals surface area contributed by atoms with Gasteiger partial charge in [0, 0.05) is 24.8 Å². The molecule has 1 aromatic heterocycles. The Hall–Kier alpha value is -3.60. The maximum atomic E-state index is 14.6. The standard InChI is InChI=1S/C21H26FN7O3/c1-21(10-18(30)29(4)20(23)27-21)14-9-13(5-6-15(14)22)26-19(31)16-11-25-17(12-24-16)32-8-7-28(2)3/h5-6,9,11-12H,7-8,10H2,1-4H3,(H2,23,27)(H,26,31). The van der Waals surface area contributed by atoms with Gasteiger partial charge in [0.1, 0.15) is 18.1 Å². The fourth-order valence-electron chi connectivity index (χ4n) is 3.12. The molecule has 0 fully saturated rings. The highest BCUT2D eigenvalue weighted by molar-refractivity contribution is 6.03. The van der Waals surface area contributed by atoms with Gasteiger partial charge in [0.2, 0.25) is 11.8 Å². The van der Waals surface area contributed by atoms with Crippen molar-refractivity contribution >= 4 is 23.5 Å². The molecule has 0 spiro atoms. The van der Waals surface area contributed by atoms with Gasteiger partial charge in [-0.15, -0.1) is 0 Å². The summed E-state index contributed by atoms with van der Waals surface area (Å²) in [5.74, 6) is -1.05. The topological polar surface area (TPSA) is 126 Å². The summed E-state index contributed by atoms with van der Waals surface area (Å²) < 4.78 is 20.1. The lowest BCUT2D eigenvalue weighted by Gasteiger charge is -2.34. The van der Waals surface area contributed by atoms with Crippen molar-refractivity contribution in [2.45, 2.75) is 18.9 Å². The van der Waals surface area contributed by atoms with Crippen molar-refractivity contribution in [2.75, 3.05) is 39.6 Å². The van der Waals surface area contributed by atoms with E-state index >= 15 is 0 Å². The summed E-state index contributed by atoms with van der Waals surface area (Å²) >= 11 is 0. The number of rotatable bonds is 7. The van der Waals surface area contributed by atoms with Crippen LogP contribution >= 0.6 is 0 Å². The van der Waals surface area contributed by atoms with Gasteiger partial charge < -0.3 is 20.7 Å². The lowest BCUT2D eigenvalue weighted by Crippen LogP contribution is -2.47. The summed E-state index contributed by atoms with van der Waals surface area (Å²) in [6, 6.07) is 4.06. The van der Waals surface area contributed by atoms with Crippen LogP contribution in [0.2, 0.25) is 0 Å². The number of hydrogen-bond acceptors (Lipinski definition) is 8. The molecule has 1 unspecified atom stereocenters. The lowest BCUT2D eigenvalue weighted by atomic mass is 9.87. The SMILES string of the molecule is CN(C)CCOc1cnc(C(=O)Nc2ccc(F)c(C3(C)CC(=O)N(C)C(N)=N3)c2)cn1. The first kappa shape index (κ1) is 23.1. The summed E-state index contributed by atoms with van der Waals surface area (Å²) in [6.45, 7) is 2.78. The summed E-state index contributed by atoms with van der Waals surface area (Å²) in [4.78, 5) is 40.4. The molecule has 32 heavy (non-hydrogen) atoms. The molecule has 0 saturated carbocycles. The van der Waals surface area contributed by atoms with E-state index in [1.165, 1.54) is 42.5 Å². The number of nitrogens with two attached hydrogens (primary N) is 1. The Morgan fingerprint density at radius 3 is 2.72 bits per heavy atom. The number of guanidine groups is 1. The van der Waals surface area contributed by atoms with Gasteiger partial charge in [0.15, 0.2) is 5.96 Å². The minimum Gasteiger partial charge on any atom is -0.475 e. The van der Waals surface area contributed by atoms with Gasteiger partial charge >= 0.3 is 0 Å². The van der Waals surface area contributed by atoms with Crippen molar-refractivity contribution in [2.24, 2.45) is 10.7 Å². The minimum atomic E-state index is -1.19. The van der Waals surface area contributed by atoms with E-state index in [4.69, 9.17) is 10.5 Å². The van der Waals surface area contributed by atoms with Crippen LogP contribution in [0.15, 0.2) is 35.6 Å². The van der Waals surface area contributed by atoms with E-state index in [0.717, 1.165) is 0 Å². The third kappa shape index (κ3) is 5.17. The average Bonchev–Trinajstić information content (AvgIpc) is 2.73. The number of anilines is 1. The monoisotopic (exact) mass is 443 g/mol. The number of halogens is 1. The molecule has 2 heterocycles. The molecular formula is C21H26FN7O3. The number of likely N-dealkylation sites (N-methyl/N-ethyl adjacent to an activating group) is 1. The second-order valence-electron chi connectivity index (χ2n) is 7.91. The zero-order valence-corrected chi connectivity index (χ0v) is 18.4. The number of nitrogens with one attached hydrogen (secondary N) is 1. The molecule has 3 rings (SSSR count). The number of aromatic nitrogens is 2. The predicted molar refractivity (Wildman–Crippen MR) is 117 cm³/mol. The van der Waals surface area contributed by atoms with Crippen LogP contribution in [0.1, 0.15) is 29.4 Å². The molecule has 0 bridgehead atoms. The van der Waals surface area contributed by atoms with Gasteiger partial charge in [-0.3, -0.25) is 14.5 Å². The summed E-state index contributed by atoms with van der Waals surface area (Å²) in [7, 11) is 5.36. The first-order chi connectivity index (χ1) is 15.1. The number of hydrogen-bond donors (Lipinski definition) is 2. The Labute approximate surface area is 185 Å². The van der Waals surface area contributed by atoms with Crippen molar-refractivity contribution in [3.05, 3.63) is 47.7 Å². The molecule has 0 aliphatic carbocycles. The highest BCUT2D eigenvalue weighted by atomic mass is 19.1. The second kappa shape index (κ2) is 9.27. The quantitative estimate of drug-likeness (QED) is 0.658. The van der Waals surface area contributed by atoms with Crippen molar-refractivity contribution in [3.63, 3.8) is 0 Å². The molecule has 1 aliphatic heterocycles. The number of benzene rings is 1. The van der Waals surface area contributed by atoms with Gasteiger partial charge in [-0.1, -0.05) is 0 Å². The summed E-state index contributed by atoms with van der Waals surface area (Å²) in [6.07, 6.45) is 2.61. The normalized spacial score (nSPS) is 18.5. The lowest BCUT2D eigenvalue weighted by molar-refractivity contribution is -0.128. The molecule has 2 amide bonds. The Kier molecular flexibility index (Phi) is 6.68. The minimum absolute atomic E-state index is 0.000698. The Bertz CT molecular complexity index is 1040. The molecule has 0 radical (unpaired) electrons. The van der Waals surface area contributed by atoms with Crippen molar-refractivity contribution in [3.8, 4) is 5.88 Å². The van der Waals surface area contributed by atoms with Crippen molar-refractivity contribution in [1.29, 1.82) is 0 Å². The van der Waals surface area contributed by atoms with Crippen LogP contribution in [0.3, 0.4) is 0 Å². The number of aliphatic imine (C=N–C) groups is 1. The van der Waals surface area contributed by atoms with Crippen LogP contribution in [0.5, 0.6) is 5.88 Å². The third-order valence-corrected chi connectivity index (χ3v) is 5.03. The number of carbonyl (C=O) groups excluding carboxylic acids is 2. The molecule has 11 heteroatoms. The van der Waals surface area contributed by atoms with Crippen LogP contribution in [-0.4, -0.2) is 71.8 Å². The highest BCUT2D eigenvalue weighted by Gasteiger charge is 2.38. The van der Waals surface area contributed by atoms with E-state index in [-0.39, 0.29) is 29.5 Å². The van der Waals surface area contributed by atoms with Crippen LogP contribution in [0.4, 0.5) is 10.1 Å². The van der Waals surface area contributed by atoms with Gasteiger partial charge in [-0.2, -0.15) is 0 Å². The molecule has 0 saturated heterocycles. The largest absolute Gasteiger partial charge is 0.475 e. The summed E-state index contributed by atoms with van der Waals surface area (Å²) in [5, 5.41) is 2.66.